The van der Waals surface area contributed by atoms with E-state index in [1.165, 1.54) is 0 Å². The average Bonchev–Trinajstić information content (AvgIpc) is 2.79. The number of hydrogen-bond donors (Lipinski definition) is 2. The summed E-state index contributed by atoms with van der Waals surface area (Å²) in [6.07, 6.45) is 1.52. The number of benzene rings is 2. The third-order valence-corrected chi connectivity index (χ3v) is 5.54. The highest BCUT2D eigenvalue weighted by Gasteiger charge is 2.39. The molecule has 0 aromatic heterocycles. The molecule has 1 atom stereocenters. The predicted octanol–water partition coefficient (Wildman–Crippen LogP) is 4.04. The Bertz CT molecular complexity index is 900. The van der Waals surface area contributed by atoms with Crippen LogP contribution in [0.25, 0.3) is 0 Å². The number of anilines is 1. The van der Waals surface area contributed by atoms with E-state index in [2.05, 4.69) is 10.6 Å². The molecule has 0 bridgehead atoms. The number of piperidine rings is 1. The zero-order valence-electron chi connectivity index (χ0n) is 18.4. The first-order valence-corrected chi connectivity index (χ1v) is 10.6. The number of methoxy groups -OCH3 is 1. The van der Waals surface area contributed by atoms with E-state index < -0.39 is 5.41 Å². The summed E-state index contributed by atoms with van der Waals surface area (Å²) in [6.45, 7) is 5.86. The van der Waals surface area contributed by atoms with Gasteiger partial charge in [0.2, 0.25) is 5.91 Å². The quantitative estimate of drug-likeness (QED) is 0.702. The van der Waals surface area contributed by atoms with Gasteiger partial charge in [-0.25, -0.2) is 4.79 Å². The smallest absolute Gasteiger partial charge is 0.321 e. The third-order valence-electron chi connectivity index (χ3n) is 5.54. The second kappa shape index (κ2) is 10.2. The first-order valence-electron chi connectivity index (χ1n) is 10.6. The van der Waals surface area contributed by atoms with Gasteiger partial charge in [-0.2, -0.15) is 0 Å². The summed E-state index contributed by atoms with van der Waals surface area (Å²) in [5, 5.41) is 5.94. The molecule has 0 unspecified atom stereocenters. The molecule has 3 amide bonds. The zero-order valence-corrected chi connectivity index (χ0v) is 18.4. The fourth-order valence-corrected chi connectivity index (χ4v) is 3.78. The highest BCUT2D eigenvalue weighted by Crippen LogP contribution is 2.30. The SMILES string of the molecule is CCOc1ccc(NC(=O)N2CCC[C@@](C)(C(=O)NCc3cccc(OC)c3)C2)cc1. The Morgan fingerprint density at radius 3 is 2.61 bits per heavy atom. The Hall–Kier alpha value is -3.22. The fourth-order valence-electron chi connectivity index (χ4n) is 3.78. The van der Waals surface area contributed by atoms with Crippen molar-refractivity contribution in [2.24, 2.45) is 5.41 Å². The number of nitrogens with zero attached hydrogens (tertiary/aromatic N) is 1. The standard InChI is InChI=1S/C24H31N3O4/c1-4-31-20-11-9-19(10-12-20)26-23(29)27-14-6-13-24(2,17-27)22(28)25-16-18-7-5-8-21(15-18)30-3/h5,7-12,15H,4,6,13-14,16-17H2,1-3H3,(H,25,28)(H,26,29)/t24-/m1/s1. The number of likely N-dealkylation sites (tertiary alicyclic amines) is 1. The van der Waals surface area contributed by atoms with Crippen molar-refractivity contribution in [2.75, 3.05) is 32.1 Å². The van der Waals surface area contributed by atoms with Crippen molar-refractivity contribution in [2.45, 2.75) is 33.2 Å². The summed E-state index contributed by atoms with van der Waals surface area (Å²) in [4.78, 5) is 27.4. The second-order valence-corrected chi connectivity index (χ2v) is 8.01. The van der Waals surface area contributed by atoms with Crippen LogP contribution in [-0.2, 0) is 11.3 Å². The number of rotatable bonds is 7. The van der Waals surface area contributed by atoms with Crippen LogP contribution in [0.3, 0.4) is 0 Å². The Morgan fingerprint density at radius 2 is 1.90 bits per heavy atom. The molecule has 2 N–H and O–H groups in total. The summed E-state index contributed by atoms with van der Waals surface area (Å²) in [7, 11) is 1.62. The predicted molar refractivity (Wildman–Crippen MR) is 120 cm³/mol. The van der Waals surface area contributed by atoms with E-state index in [4.69, 9.17) is 9.47 Å². The van der Waals surface area contributed by atoms with Crippen molar-refractivity contribution in [3.63, 3.8) is 0 Å². The van der Waals surface area contributed by atoms with Crippen LogP contribution in [0.2, 0.25) is 0 Å². The summed E-state index contributed by atoms with van der Waals surface area (Å²) in [5.74, 6) is 1.47. The Kier molecular flexibility index (Phi) is 7.39. The second-order valence-electron chi connectivity index (χ2n) is 8.01. The molecule has 0 saturated carbocycles. The molecule has 3 rings (SSSR count). The van der Waals surface area contributed by atoms with Crippen LogP contribution < -0.4 is 20.1 Å². The lowest BCUT2D eigenvalue weighted by atomic mass is 9.81. The van der Waals surface area contributed by atoms with Crippen LogP contribution in [0.5, 0.6) is 11.5 Å². The number of nitrogens with one attached hydrogen (secondary N) is 2. The molecule has 1 aliphatic heterocycles. The summed E-state index contributed by atoms with van der Waals surface area (Å²) in [5.41, 5.74) is 1.04. The molecular weight excluding hydrogens is 394 g/mol. The van der Waals surface area contributed by atoms with Crippen molar-refractivity contribution >= 4 is 17.6 Å². The lowest BCUT2D eigenvalue weighted by Gasteiger charge is -2.39. The van der Waals surface area contributed by atoms with Gasteiger partial charge in [-0.05, 0) is 68.7 Å². The molecule has 0 aliphatic carbocycles. The number of hydrogen-bond acceptors (Lipinski definition) is 4. The number of urea groups is 1. The topological polar surface area (TPSA) is 79.9 Å². The Morgan fingerprint density at radius 1 is 1.13 bits per heavy atom. The minimum atomic E-state index is -0.632. The van der Waals surface area contributed by atoms with Gasteiger partial charge in [-0.1, -0.05) is 12.1 Å². The minimum Gasteiger partial charge on any atom is -0.497 e. The molecule has 0 spiro atoms. The molecule has 7 nitrogen and oxygen atoms in total. The van der Waals surface area contributed by atoms with E-state index >= 15 is 0 Å². The molecule has 1 heterocycles. The van der Waals surface area contributed by atoms with Gasteiger partial charge in [0.15, 0.2) is 0 Å². The fraction of sp³-hybridized carbons (Fsp3) is 0.417. The maximum Gasteiger partial charge on any atom is 0.321 e. The highest BCUT2D eigenvalue weighted by molar-refractivity contribution is 5.90. The molecule has 166 valence electrons. The Labute approximate surface area is 183 Å². The van der Waals surface area contributed by atoms with E-state index in [9.17, 15) is 9.59 Å². The van der Waals surface area contributed by atoms with Gasteiger partial charge in [0.25, 0.3) is 0 Å². The number of ether oxygens (including phenoxy) is 2. The van der Waals surface area contributed by atoms with Crippen LogP contribution in [0.1, 0.15) is 32.3 Å². The van der Waals surface area contributed by atoms with Crippen LogP contribution in [0.4, 0.5) is 10.5 Å². The summed E-state index contributed by atoms with van der Waals surface area (Å²) >= 11 is 0. The highest BCUT2D eigenvalue weighted by atomic mass is 16.5. The maximum absolute atomic E-state index is 13.0. The lowest BCUT2D eigenvalue weighted by molar-refractivity contribution is -0.132. The van der Waals surface area contributed by atoms with Gasteiger partial charge in [0.05, 0.1) is 19.1 Å². The molecule has 1 saturated heterocycles. The molecule has 2 aromatic rings. The largest absolute Gasteiger partial charge is 0.497 e. The van der Waals surface area contributed by atoms with Crippen molar-refractivity contribution in [1.82, 2.24) is 10.2 Å². The molecular formula is C24H31N3O4. The van der Waals surface area contributed by atoms with Crippen LogP contribution in [-0.4, -0.2) is 43.6 Å². The molecule has 1 fully saturated rings. The van der Waals surface area contributed by atoms with Crippen molar-refractivity contribution in [1.29, 1.82) is 0 Å². The van der Waals surface area contributed by atoms with Gasteiger partial charge in [-0.3, -0.25) is 4.79 Å². The van der Waals surface area contributed by atoms with E-state index in [-0.39, 0.29) is 11.9 Å². The average molecular weight is 426 g/mol. The van der Waals surface area contributed by atoms with Crippen LogP contribution in [0.15, 0.2) is 48.5 Å². The van der Waals surface area contributed by atoms with Gasteiger partial charge in [0, 0.05) is 25.3 Å². The molecule has 0 radical (unpaired) electrons. The molecule has 1 aliphatic rings. The number of amides is 3. The number of carbonyl (C=O) groups excluding carboxylic acids is 2. The van der Waals surface area contributed by atoms with Crippen molar-refractivity contribution < 1.29 is 19.1 Å². The van der Waals surface area contributed by atoms with E-state index in [1.807, 2.05) is 62.4 Å². The van der Waals surface area contributed by atoms with E-state index in [1.54, 1.807) is 12.0 Å². The molecule has 7 heteroatoms. The lowest BCUT2D eigenvalue weighted by Crippen LogP contribution is -2.52. The van der Waals surface area contributed by atoms with E-state index in [0.717, 1.165) is 29.9 Å². The zero-order chi connectivity index (χ0) is 22.3. The minimum absolute atomic E-state index is 0.0473. The summed E-state index contributed by atoms with van der Waals surface area (Å²) < 4.78 is 10.7. The Balaban J connectivity index is 1.57. The van der Waals surface area contributed by atoms with Crippen molar-refractivity contribution in [3.05, 3.63) is 54.1 Å². The summed E-state index contributed by atoms with van der Waals surface area (Å²) in [6, 6.07) is 14.7. The van der Waals surface area contributed by atoms with Crippen LogP contribution in [0, 0.1) is 5.41 Å². The van der Waals surface area contributed by atoms with Gasteiger partial charge in [-0.15, -0.1) is 0 Å². The van der Waals surface area contributed by atoms with Gasteiger partial charge < -0.3 is 25.0 Å². The first-order chi connectivity index (χ1) is 14.9. The third kappa shape index (κ3) is 5.90. The van der Waals surface area contributed by atoms with Crippen molar-refractivity contribution in [3.8, 4) is 11.5 Å². The monoisotopic (exact) mass is 425 g/mol. The first kappa shape index (κ1) is 22.5. The van der Waals surface area contributed by atoms with Crippen LogP contribution >= 0.6 is 0 Å². The van der Waals surface area contributed by atoms with E-state index in [0.29, 0.717) is 31.9 Å². The maximum atomic E-state index is 13.0. The number of carbonyl (C=O) groups is 2. The van der Waals surface area contributed by atoms with Gasteiger partial charge >= 0.3 is 6.03 Å². The molecule has 2 aromatic carbocycles. The molecule has 31 heavy (non-hydrogen) atoms. The van der Waals surface area contributed by atoms with Gasteiger partial charge in [0.1, 0.15) is 11.5 Å². The normalized spacial score (nSPS) is 18.2.